The highest BCUT2D eigenvalue weighted by Crippen LogP contribution is 2.48. The fraction of sp³-hybridized carbons (Fsp3) is 0.625. The molecule has 0 aromatic rings. The molecule has 0 aromatic heterocycles. The van der Waals surface area contributed by atoms with Gasteiger partial charge < -0.3 is 9.47 Å². The van der Waals surface area contributed by atoms with E-state index in [1.807, 2.05) is 0 Å². The molecule has 0 aliphatic rings. The molecule has 0 heterocycles. The third-order valence-electron chi connectivity index (χ3n) is 1.70. The average Bonchev–Trinajstić information content (AvgIpc) is 2.26. The van der Waals surface area contributed by atoms with Gasteiger partial charge in [0.05, 0.1) is 6.26 Å². The summed E-state index contributed by atoms with van der Waals surface area (Å²) in [4.78, 5) is 10.4. The van der Waals surface area contributed by atoms with Crippen molar-refractivity contribution >= 4 is 6.16 Å². The molecule has 0 saturated heterocycles. The van der Waals surface area contributed by atoms with Gasteiger partial charge in [-0.15, -0.1) is 0 Å². The standard InChI is InChI=1S/C8H6F8O3/c1-2-18-5(17)19-3-6(11,12)8(15,16)7(13,14)4(9)10/h2,4H,1,3H2. The minimum absolute atomic E-state index is 0.381. The molecule has 3 nitrogen and oxygen atoms in total. The minimum Gasteiger partial charge on any atom is -0.427 e. The molecule has 0 atom stereocenters. The fourth-order valence-electron chi connectivity index (χ4n) is 0.723. The van der Waals surface area contributed by atoms with Crippen molar-refractivity contribution < 1.29 is 49.4 Å². The van der Waals surface area contributed by atoms with Crippen molar-refractivity contribution in [1.82, 2.24) is 0 Å². The van der Waals surface area contributed by atoms with Gasteiger partial charge in [-0.3, -0.25) is 0 Å². The third kappa shape index (κ3) is 3.47. The lowest BCUT2D eigenvalue weighted by atomic mass is 10.1. The molecule has 0 unspecified atom stereocenters. The highest BCUT2D eigenvalue weighted by molar-refractivity contribution is 5.60. The lowest BCUT2D eigenvalue weighted by Crippen LogP contribution is -2.59. The monoisotopic (exact) mass is 302 g/mol. The Kier molecular flexibility index (Phi) is 5.15. The second-order valence-electron chi connectivity index (χ2n) is 3.03. The zero-order valence-corrected chi connectivity index (χ0v) is 8.82. The van der Waals surface area contributed by atoms with E-state index in [1.54, 1.807) is 0 Å². The summed E-state index contributed by atoms with van der Waals surface area (Å²) in [5, 5.41) is 0. The Morgan fingerprint density at radius 2 is 1.63 bits per heavy atom. The minimum atomic E-state index is -6.43. The van der Waals surface area contributed by atoms with Crippen molar-refractivity contribution in [2.24, 2.45) is 0 Å². The molecular formula is C8H6F8O3. The van der Waals surface area contributed by atoms with Crippen molar-refractivity contribution in [2.75, 3.05) is 6.61 Å². The van der Waals surface area contributed by atoms with Gasteiger partial charge in [0, 0.05) is 0 Å². The Balaban J connectivity index is 4.97. The molecule has 0 radical (unpaired) electrons. The van der Waals surface area contributed by atoms with Crippen LogP contribution in [0.4, 0.5) is 39.9 Å². The summed E-state index contributed by atoms with van der Waals surface area (Å²) < 4.78 is 106. The van der Waals surface area contributed by atoms with E-state index >= 15 is 0 Å². The van der Waals surface area contributed by atoms with Crippen LogP contribution in [0.25, 0.3) is 0 Å². The molecule has 11 heteroatoms. The highest BCUT2D eigenvalue weighted by atomic mass is 19.4. The second kappa shape index (κ2) is 5.61. The molecule has 0 aromatic carbocycles. The molecule has 112 valence electrons. The Hall–Kier alpha value is -1.55. The summed E-state index contributed by atoms with van der Waals surface area (Å²) >= 11 is 0. The van der Waals surface area contributed by atoms with Crippen LogP contribution in [0.5, 0.6) is 0 Å². The van der Waals surface area contributed by atoms with Crippen molar-refractivity contribution in [2.45, 2.75) is 24.2 Å². The van der Waals surface area contributed by atoms with Crippen LogP contribution in [-0.2, 0) is 9.47 Å². The van der Waals surface area contributed by atoms with E-state index < -0.39 is 37.0 Å². The summed E-state index contributed by atoms with van der Waals surface area (Å²) in [5.74, 6) is -18.5. The van der Waals surface area contributed by atoms with Crippen molar-refractivity contribution in [3.05, 3.63) is 12.8 Å². The molecule has 0 fully saturated rings. The third-order valence-corrected chi connectivity index (χ3v) is 1.70. The Morgan fingerprint density at radius 3 is 2.00 bits per heavy atom. The first kappa shape index (κ1) is 17.4. The maximum absolute atomic E-state index is 12.7. The van der Waals surface area contributed by atoms with Crippen molar-refractivity contribution in [3.63, 3.8) is 0 Å². The van der Waals surface area contributed by atoms with Gasteiger partial charge >= 0.3 is 30.3 Å². The van der Waals surface area contributed by atoms with Crippen LogP contribution in [0.3, 0.4) is 0 Å². The van der Waals surface area contributed by atoms with Crippen LogP contribution in [0.2, 0.25) is 0 Å². The van der Waals surface area contributed by atoms with Crippen LogP contribution in [0, 0.1) is 0 Å². The van der Waals surface area contributed by atoms with Crippen LogP contribution in [0.1, 0.15) is 0 Å². The molecule has 0 spiro atoms. The van der Waals surface area contributed by atoms with Crippen LogP contribution >= 0.6 is 0 Å². The molecule has 0 saturated carbocycles. The maximum Gasteiger partial charge on any atom is 0.513 e. The quantitative estimate of drug-likeness (QED) is 0.428. The van der Waals surface area contributed by atoms with Gasteiger partial charge in [0.15, 0.2) is 6.61 Å². The van der Waals surface area contributed by atoms with E-state index in [2.05, 4.69) is 16.1 Å². The van der Waals surface area contributed by atoms with Gasteiger partial charge in [-0.1, -0.05) is 6.58 Å². The van der Waals surface area contributed by atoms with Crippen molar-refractivity contribution in [3.8, 4) is 0 Å². The number of rotatable bonds is 6. The first-order valence-corrected chi connectivity index (χ1v) is 4.26. The maximum atomic E-state index is 12.7. The molecule has 0 rings (SSSR count). The Labute approximate surface area is 100 Å². The molecule has 0 N–H and O–H groups in total. The van der Waals surface area contributed by atoms with E-state index in [1.165, 1.54) is 0 Å². The van der Waals surface area contributed by atoms with E-state index in [4.69, 9.17) is 0 Å². The number of hydrogen-bond donors (Lipinski definition) is 0. The number of carbonyl (C=O) groups is 1. The molecule has 19 heavy (non-hydrogen) atoms. The van der Waals surface area contributed by atoms with Crippen LogP contribution in [-0.4, -0.2) is 37.0 Å². The second-order valence-corrected chi connectivity index (χ2v) is 3.03. The average molecular weight is 302 g/mol. The predicted molar refractivity (Wildman–Crippen MR) is 43.5 cm³/mol. The molecule has 0 bridgehead atoms. The summed E-state index contributed by atoms with van der Waals surface area (Å²) in [6, 6.07) is 0. The summed E-state index contributed by atoms with van der Waals surface area (Å²) in [6.45, 7) is 0.204. The lowest BCUT2D eigenvalue weighted by Gasteiger charge is -2.31. The number of carbonyl (C=O) groups excluding carboxylic acids is 1. The largest absolute Gasteiger partial charge is 0.513 e. The topological polar surface area (TPSA) is 35.5 Å². The molecular weight excluding hydrogens is 296 g/mol. The zero-order valence-electron chi connectivity index (χ0n) is 8.82. The number of halogens is 8. The number of ether oxygens (including phenoxy) is 2. The lowest BCUT2D eigenvalue weighted by molar-refractivity contribution is -0.343. The van der Waals surface area contributed by atoms with Gasteiger partial charge in [0.1, 0.15) is 0 Å². The Morgan fingerprint density at radius 1 is 1.16 bits per heavy atom. The van der Waals surface area contributed by atoms with Gasteiger partial charge in [-0.25, -0.2) is 13.6 Å². The predicted octanol–water partition coefficient (Wildman–Crippen LogP) is 3.45. The first-order valence-electron chi connectivity index (χ1n) is 4.26. The molecule has 0 amide bonds. The summed E-state index contributed by atoms with van der Waals surface area (Å²) in [6.07, 6.45) is -6.59. The SMILES string of the molecule is C=COC(=O)OCC(F)(F)C(F)(F)C(F)(F)C(F)F. The fourth-order valence-corrected chi connectivity index (χ4v) is 0.723. The van der Waals surface area contributed by atoms with Gasteiger partial charge in [0.25, 0.3) is 0 Å². The van der Waals surface area contributed by atoms with Gasteiger partial charge in [-0.05, 0) is 0 Å². The number of alkyl halides is 8. The first-order chi connectivity index (χ1) is 8.40. The van der Waals surface area contributed by atoms with Crippen LogP contribution in [0.15, 0.2) is 12.8 Å². The smallest absolute Gasteiger partial charge is 0.427 e. The number of hydrogen-bond acceptors (Lipinski definition) is 3. The van der Waals surface area contributed by atoms with E-state index in [-0.39, 0.29) is 0 Å². The normalized spacial score (nSPS) is 13.3. The highest BCUT2D eigenvalue weighted by Gasteiger charge is 2.75. The van der Waals surface area contributed by atoms with Gasteiger partial charge in [0.2, 0.25) is 0 Å². The van der Waals surface area contributed by atoms with E-state index in [0.717, 1.165) is 0 Å². The molecule has 0 aliphatic carbocycles. The van der Waals surface area contributed by atoms with Crippen LogP contribution < -0.4 is 0 Å². The Bertz CT molecular complexity index is 341. The summed E-state index contributed by atoms with van der Waals surface area (Å²) in [7, 11) is 0. The zero-order chi connectivity index (χ0) is 15.5. The van der Waals surface area contributed by atoms with E-state index in [9.17, 15) is 39.9 Å². The molecule has 0 aliphatic heterocycles. The summed E-state index contributed by atoms with van der Waals surface area (Å²) in [5.41, 5.74) is 0. The van der Waals surface area contributed by atoms with E-state index in [0.29, 0.717) is 6.26 Å². The van der Waals surface area contributed by atoms with Gasteiger partial charge in [-0.2, -0.15) is 26.3 Å². The van der Waals surface area contributed by atoms with Crippen molar-refractivity contribution in [1.29, 1.82) is 0 Å².